The van der Waals surface area contributed by atoms with Crippen molar-refractivity contribution in [2.24, 2.45) is 5.92 Å². The molecule has 2 atom stereocenters. The largest absolute Gasteiger partial charge is 0.311 e. The van der Waals surface area contributed by atoms with Gasteiger partial charge >= 0.3 is 0 Å². The maximum absolute atomic E-state index is 4.00. The van der Waals surface area contributed by atoms with Gasteiger partial charge in [0.1, 0.15) is 0 Å². The highest BCUT2D eigenvalue weighted by atomic mass is 15.1. The summed E-state index contributed by atoms with van der Waals surface area (Å²) in [4.78, 5) is 2.33. The van der Waals surface area contributed by atoms with Gasteiger partial charge < -0.3 is 4.90 Å². The molecule has 236 valence electrons. The molecule has 0 N–H and O–H groups in total. The van der Waals surface area contributed by atoms with E-state index in [1.54, 1.807) is 0 Å². The summed E-state index contributed by atoms with van der Waals surface area (Å²) in [6.45, 7) is 14.2. The van der Waals surface area contributed by atoms with Crippen molar-refractivity contribution in [1.29, 1.82) is 0 Å². The number of unbranched alkanes of at least 4 members (excludes halogenated alkanes) is 2. The van der Waals surface area contributed by atoms with Gasteiger partial charge in [0.25, 0.3) is 0 Å². The minimum atomic E-state index is 0.374. The van der Waals surface area contributed by atoms with E-state index in [9.17, 15) is 0 Å². The first-order valence-corrected chi connectivity index (χ1v) is 16.9. The van der Waals surface area contributed by atoms with Gasteiger partial charge in [0.15, 0.2) is 0 Å². The molecule has 4 rings (SSSR count). The number of hydrogen-bond donors (Lipinski definition) is 0. The number of hydrogen-bond acceptors (Lipinski definition) is 1. The van der Waals surface area contributed by atoms with Crippen molar-refractivity contribution in [2.75, 3.05) is 4.90 Å². The lowest BCUT2D eigenvalue weighted by Crippen LogP contribution is -2.21. The monoisotopic (exact) mass is 605 g/mol. The van der Waals surface area contributed by atoms with Crippen molar-refractivity contribution in [3.8, 4) is 0 Å². The number of nitrogens with zero attached hydrogens (tertiary/aromatic N) is 1. The zero-order valence-corrected chi connectivity index (χ0v) is 28.1. The van der Waals surface area contributed by atoms with Crippen LogP contribution in [0.3, 0.4) is 0 Å². The summed E-state index contributed by atoms with van der Waals surface area (Å²) in [6.07, 6.45) is 41.8. The third-order valence-corrected chi connectivity index (χ3v) is 8.47. The van der Waals surface area contributed by atoms with Crippen molar-refractivity contribution in [1.82, 2.24) is 0 Å². The van der Waals surface area contributed by atoms with Gasteiger partial charge in [-0.15, -0.1) is 0 Å². The molecule has 0 spiro atoms. The lowest BCUT2D eigenvalue weighted by Gasteiger charge is -2.30. The molecular formula is C45H51N. The molecular weight excluding hydrogens is 555 g/mol. The van der Waals surface area contributed by atoms with E-state index in [0.717, 1.165) is 30.6 Å². The highest BCUT2D eigenvalue weighted by molar-refractivity contribution is 5.77. The van der Waals surface area contributed by atoms with E-state index in [1.165, 1.54) is 52.8 Å². The molecule has 1 nitrogen and oxygen atoms in total. The van der Waals surface area contributed by atoms with Crippen LogP contribution in [0.15, 0.2) is 176 Å². The second kappa shape index (κ2) is 18.4. The molecule has 0 aromatic heterocycles. The van der Waals surface area contributed by atoms with E-state index >= 15 is 0 Å². The third-order valence-electron chi connectivity index (χ3n) is 8.47. The Balaban J connectivity index is 1.51. The maximum Gasteiger partial charge on any atom is 0.0461 e. The number of anilines is 1. The Morgan fingerprint density at radius 2 is 1.76 bits per heavy atom. The molecule has 0 aliphatic heterocycles. The van der Waals surface area contributed by atoms with Crippen LogP contribution in [0.5, 0.6) is 0 Å². The molecule has 2 aliphatic carbocycles. The fourth-order valence-corrected chi connectivity index (χ4v) is 5.78. The van der Waals surface area contributed by atoms with Crippen LogP contribution in [0.1, 0.15) is 75.5 Å². The van der Waals surface area contributed by atoms with Crippen LogP contribution in [0.25, 0.3) is 5.57 Å². The minimum absolute atomic E-state index is 0.374. The molecule has 2 aliphatic rings. The molecule has 1 heteroatoms. The Hall–Kier alpha value is -4.62. The highest BCUT2D eigenvalue weighted by Gasteiger charge is 2.19. The quantitative estimate of drug-likeness (QED) is 0.111. The summed E-state index contributed by atoms with van der Waals surface area (Å²) in [6, 6.07) is 18.1. The van der Waals surface area contributed by atoms with Crippen LogP contribution in [0.2, 0.25) is 0 Å². The van der Waals surface area contributed by atoms with Crippen LogP contribution in [-0.4, -0.2) is 0 Å². The maximum atomic E-state index is 4.00. The molecule has 2 aromatic carbocycles. The molecule has 0 fully saturated rings. The topological polar surface area (TPSA) is 3.24 Å². The molecule has 0 heterocycles. The van der Waals surface area contributed by atoms with Gasteiger partial charge in [0.2, 0.25) is 0 Å². The zero-order chi connectivity index (χ0) is 32.6. The summed E-state index contributed by atoms with van der Waals surface area (Å²) in [5.41, 5.74) is 9.78. The van der Waals surface area contributed by atoms with Crippen molar-refractivity contribution in [3.63, 3.8) is 0 Å². The van der Waals surface area contributed by atoms with Crippen molar-refractivity contribution < 1.29 is 0 Å². The summed E-state index contributed by atoms with van der Waals surface area (Å²) >= 11 is 0. The SMILES string of the molecule is C=C/C=C(\C=C/C)N(C1=CCC(c2ccc(C/C=C\CCCC)cc2)C=C1)c1ccc(C2=CC(/C=C/C=C(/C)C=C)CC=C2)cc1. The number of allylic oxidation sites excluding steroid dienone is 18. The Labute approximate surface area is 279 Å². The first-order chi connectivity index (χ1) is 22.6. The second-order valence-corrected chi connectivity index (χ2v) is 12.0. The predicted molar refractivity (Wildman–Crippen MR) is 204 cm³/mol. The Kier molecular flexibility index (Phi) is 13.7. The normalized spacial score (nSPS) is 18.8. The van der Waals surface area contributed by atoms with Gasteiger partial charge in [-0.3, -0.25) is 0 Å². The molecule has 0 radical (unpaired) electrons. The van der Waals surface area contributed by atoms with Crippen LogP contribution >= 0.6 is 0 Å². The van der Waals surface area contributed by atoms with E-state index in [1.807, 2.05) is 12.2 Å². The average Bonchev–Trinajstić information content (AvgIpc) is 3.09. The predicted octanol–water partition coefficient (Wildman–Crippen LogP) is 12.7. The van der Waals surface area contributed by atoms with Gasteiger partial charge in [-0.2, -0.15) is 0 Å². The van der Waals surface area contributed by atoms with E-state index in [4.69, 9.17) is 0 Å². The van der Waals surface area contributed by atoms with Gasteiger partial charge in [-0.05, 0) is 98.1 Å². The molecule has 0 bridgehead atoms. The van der Waals surface area contributed by atoms with Crippen LogP contribution < -0.4 is 4.90 Å². The molecule has 46 heavy (non-hydrogen) atoms. The third kappa shape index (κ3) is 9.94. The fraction of sp³-hybridized carbons (Fsp3) is 0.244. The zero-order valence-electron chi connectivity index (χ0n) is 28.1. The molecule has 2 unspecified atom stereocenters. The Morgan fingerprint density at radius 1 is 0.957 bits per heavy atom. The first-order valence-electron chi connectivity index (χ1n) is 16.9. The fourth-order valence-electron chi connectivity index (χ4n) is 5.78. The van der Waals surface area contributed by atoms with E-state index in [0.29, 0.717) is 11.8 Å². The lowest BCUT2D eigenvalue weighted by atomic mass is 9.90. The van der Waals surface area contributed by atoms with Gasteiger partial charge in [-0.1, -0.05) is 154 Å². The highest BCUT2D eigenvalue weighted by Crippen LogP contribution is 2.34. The smallest absolute Gasteiger partial charge is 0.0461 e. The standard InChI is InChI=1S/C45H51N/c1-6-10-11-12-13-19-37-23-25-39(26-24-37)40-27-31-44(32-28-40)46(43(16-7-2)17-8-3)45-33-29-41(30-34-45)42-22-15-21-38(35-42)20-14-18-36(5)9-4/h7-9,12-18,20,22-27,29-35,38,40H,2,4,6,10-11,19,21,28H2,1,3,5H3/b13-12-,17-8-,20-14+,36-18-,43-16+. The van der Waals surface area contributed by atoms with E-state index in [2.05, 4.69) is 172 Å². The van der Waals surface area contributed by atoms with Gasteiger partial charge in [0.05, 0.1) is 0 Å². The van der Waals surface area contributed by atoms with Crippen LogP contribution in [0.4, 0.5) is 5.69 Å². The molecule has 0 saturated carbocycles. The summed E-state index contributed by atoms with van der Waals surface area (Å²) in [5.74, 6) is 0.759. The van der Waals surface area contributed by atoms with Crippen molar-refractivity contribution in [3.05, 3.63) is 193 Å². The Bertz CT molecular complexity index is 1570. The van der Waals surface area contributed by atoms with Crippen LogP contribution in [-0.2, 0) is 6.42 Å². The summed E-state index contributed by atoms with van der Waals surface area (Å²) in [5, 5.41) is 0. The van der Waals surface area contributed by atoms with Gasteiger partial charge in [-0.25, -0.2) is 0 Å². The van der Waals surface area contributed by atoms with E-state index in [-0.39, 0.29) is 0 Å². The summed E-state index contributed by atoms with van der Waals surface area (Å²) < 4.78 is 0. The first kappa shape index (κ1) is 34.3. The Morgan fingerprint density at radius 3 is 2.43 bits per heavy atom. The minimum Gasteiger partial charge on any atom is -0.311 e. The lowest BCUT2D eigenvalue weighted by molar-refractivity contribution is 0.813. The average molecular weight is 606 g/mol. The second-order valence-electron chi connectivity index (χ2n) is 12.0. The van der Waals surface area contributed by atoms with Gasteiger partial charge in [0, 0.05) is 23.0 Å². The molecule has 0 amide bonds. The molecule has 2 aromatic rings. The van der Waals surface area contributed by atoms with Crippen molar-refractivity contribution in [2.45, 2.75) is 65.2 Å². The van der Waals surface area contributed by atoms with Crippen LogP contribution in [0, 0.1) is 5.92 Å². The number of benzene rings is 2. The molecule has 0 saturated heterocycles. The van der Waals surface area contributed by atoms with E-state index < -0.39 is 0 Å². The summed E-state index contributed by atoms with van der Waals surface area (Å²) in [7, 11) is 0. The number of rotatable bonds is 15. The van der Waals surface area contributed by atoms with Crippen molar-refractivity contribution >= 4 is 11.3 Å².